The van der Waals surface area contributed by atoms with Gasteiger partial charge in [-0.15, -0.1) is 10.2 Å². The second kappa shape index (κ2) is 5.77. The lowest BCUT2D eigenvalue weighted by Crippen LogP contribution is -2.15. The summed E-state index contributed by atoms with van der Waals surface area (Å²) in [5, 5.41) is 10.2. The van der Waals surface area contributed by atoms with Gasteiger partial charge in [-0.3, -0.25) is 4.79 Å². The summed E-state index contributed by atoms with van der Waals surface area (Å²) in [5.41, 5.74) is 4.08. The van der Waals surface area contributed by atoms with Gasteiger partial charge in [0.15, 0.2) is 10.3 Å². The van der Waals surface area contributed by atoms with Gasteiger partial charge in [-0.05, 0) is 38.0 Å². The van der Waals surface area contributed by atoms with Crippen molar-refractivity contribution in [2.45, 2.75) is 20.8 Å². The molecule has 0 aliphatic heterocycles. The number of carbonyl (C=O) groups excluding carboxylic acids is 1. The second-order valence-electron chi connectivity index (χ2n) is 4.60. The minimum Gasteiger partial charge on any atom is -0.321 e. The Morgan fingerprint density at radius 3 is 2.25 bits per heavy atom. The van der Waals surface area contributed by atoms with Crippen LogP contribution in [0.15, 0.2) is 18.2 Å². The molecule has 0 spiro atoms. The van der Waals surface area contributed by atoms with Crippen molar-refractivity contribution in [3.05, 3.63) is 50.8 Å². The number of nitrogens with one attached hydrogen (secondary N) is 1. The predicted molar refractivity (Wildman–Crippen MR) is 80.7 cm³/mol. The number of halogens is 2. The fourth-order valence-corrected chi connectivity index (χ4v) is 2.40. The zero-order chi connectivity index (χ0) is 14.9. The maximum atomic E-state index is 12.3. The maximum Gasteiger partial charge on any atom is 0.258 e. The van der Waals surface area contributed by atoms with E-state index in [4.69, 9.17) is 23.2 Å². The highest BCUT2D eigenvalue weighted by Gasteiger charge is 2.15. The molecule has 0 atom stereocenters. The molecule has 6 heteroatoms. The third-order valence-corrected chi connectivity index (χ3v) is 3.34. The molecule has 1 N–H and O–H groups in total. The first-order valence-corrected chi connectivity index (χ1v) is 6.72. The molecule has 1 amide bonds. The number of aromatic nitrogens is 2. The quantitative estimate of drug-likeness (QED) is 0.913. The molecular formula is C14H13Cl2N3O. The molecule has 0 saturated carbocycles. The second-order valence-corrected chi connectivity index (χ2v) is 5.34. The molecule has 1 aromatic carbocycles. The molecule has 0 fully saturated rings. The SMILES string of the molecule is Cc1cc(C)c(NC(=O)c2cc(Cl)nnc2Cl)c(C)c1. The summed E-state index contributed by atoms with van der Waals surface area (Å²) in [6.07, 6.45) is 0. The highest BCUT2D eigenvalue weighted by atomic mass is 35.5. The first-order chi connectivity index (χ1) is 9.38. The van der Waals surface area contributed by atoms with Crippen LogP contribution in [0.1, 0.15) is 27.0 Å². The van der Waals surface area contributed by atoms with Crippen molar-refractivity contribution in [1.82, 2.24) is 10.2 Å². The van der Waals surface area contributed by atoms with E-state index in [2.05, 4.69) is 15.5 Å². The van der Waals surface area contributed by atoms with Gasteiger partial charge in [0.2, 0.25) is 0 Å². The Bertz CT molecular complexity index is 663. The minimum atomic E-state index is -0.359. The Labute approximate surface area is 127 Å². The Hall–Kier alpha value is -1.65. The zero-order valence-electron chi connectivity index (χ0n) is 11.3. The van der Waals surface area contributed by atoms with E-state index in [1.54, 1.807) is 0 Å². The average Bonchev–Trinajstić information content (AvgIpc) is 2.36. The number of aryl methyl sites for hydroxylation is 3. The van der Waals surface area contributed by atoms with E-state index in [1.807, 2.05) is 32.9 Å². The van der Waals surface area contributed by atoms with E-state index >= 15 is 0 Å². The normalized spacial score (nSPS) is 10.4. The van der Waals surface area contributed by atoms with Gasteiger partial charge in [0.1, 0.15) is 0 Å². The lowest BCUT2D eigenvalue weighted by molar-refractivity contribution is 0.102. The molecule has 4 nitrogen and oxygen atoms in total. The molecule has 20 heavy (non-hydrogen) atoms. The summed E-state index contributed by atoms with van der Waals surface area (Å²) < 4.78 is 0. The number of anilines is 1. The van der Waals surface area contributed by atoms with Crippen LogP contribution in [0.25, 0.3) is 0 Å². The van der Waals surface area contributed by atoms with E-state index in [1.165, 1.54) is 6.07 Å². The van der Waals surface area contributed by atoms with Crippen LogP contribution in [0.4, 0.5) is 5.69 Å². The van der Waals surface area contributed by atoms with Crippen LogP contribution in [0.2, 0.25) is 10.3 Å². The summed E-state index contributed by atoms with van der Waals surface area (Å²) >= 11 is 11.6. The van der Waals surface area contributed by atoms with Crippen molar-refractivity contribution in [2.24, 2.45) is 0 Å². The van der Waals surface area contributed by atoms with E-state index in [9.17, 15) is 4.79 Å². The molecule has 2 aromatic rings. The molecule has 0 bridgehead atoms. The van der Waals surface area contributed by atoms with Crippen molar-refractivity contribution < 1.29 is 4.79 Å². The molecule has 1 heterocycles. The third kappa shape index (κ3) is 3.08. The van der Waals surface area contributed by atoms with Crippen molar-refractivity contribution >= 4 is 34.8 Å². The van der Waals surface area contributed by atoms with Crippen LogP contribution in [0, 0.1) is 20.8 Å². The Balaban J connectivity index is 2.35. The van der Waals surface area contributed by atoms with Crippen LogP contribution in [0.3, 0.4) is 0 Å². The van der Waals surface area contributed by atoms with Gasteiger partial charge in [-0.2, -0.15) is 0 Å². The fourth-order valence-electron chi connectivity index (χ4n) is 2.07. The summed E-state index contributed by atoms with van der Waals surface area (Å²) in [6, 6.07) is 5.40. The summed E-state index contributed by atoms with van der Waals surface area (Å²) in [7, 11) is 0. The minimum absolute atomic E-state index is 0.0225. The monoisotopic (exact) mass is 309 g/mol. The standard InChI is InChI=1S/C14H13Cl2N3O/c1-7-4-8(2)12(9(3)5-7)17-14(20)10-6-11(15)18-19-13(10)16/h4-6H,1-3H3,(H,17,20). The highest BCUT2D eigenvalue weighted by Crippen LogP contribution is 2.24. The average molecular weight is 310 g/mol. The molecule has 0 unspecified atom stereocenters. The first-order valence-electron chi connectivity index (χ1n) is 5.96. The van der Waals surface area contributed by atoms with Gasteiger partial charge in [0.05, 0.1) is 5.56 Å². The van der Waals surface area contributed by atoms with Gasteiger partial charge < -0.3 is 5.32 Å². The van der Waals surface area contributed by atoms with Crippen LogP contribution in [-0.4, -0.2) is 16.1 Å². The predicted octanol–water partition coefficient (Wildman–Crippen LogP) is 3.96. The van der Waals surface area contributed by atoms with E-state index < -0.39 is 0 Å². The number of benzene rings is 1. The van der Waals surface area contributed by atoms with Crippen molar-refractivity contribution in [3.8, 4) is 0 Å². The van der Waals surface area contributed by atoms with E-state index in [-0.39, 0.29) is 21.8 Å². The molecular weight excluding hydrogens is 297 g/mol. The van der Waals surface area contributed by atoms with Gasteiger partial charge in [-0.1, -0.05) is 40.9 Å². The summed E-state index contributed by atoms with van der Waals surface area (Å²) in [5.74, 6) is -0.359. The van der Waals surface area contributed by atoms with Gasteiger partial charge in [0, 0.05) is 5.69 Å². The van der Waals surface area contributed by atoms with Gasteiger partial charge in [-0.25, -0.2) is 0 Å². The number of carbonyl (C=O) groups is 1. The molecule has 0 radical (unpaired) electrons. The molecule has 2 rings (SSSR count). The lowest BCUT2D eigenvalue weighted by atomic mass is 10.0. The number of hydrogen-bond donors (Lipinski definition) is 1. The van der Waals surface area contributed by atoms with Gasteiger partial charge >= 0.3 is 0 Å². The fraction of sp³-hybridized carbons (Fsp3) is 0.214. The number of nitrogens with zero attached hydrogens (tertiary/aromatic N) is 2. The molecule has 0 saturated heterocycles. The van der Waals surface area contributed by atoms with Crippen molar-refractivity contribution in [2.75, 3.05) is 5.32 Å². The van der Waals surface area contributed by atoms with Gasteiger partial charge in [0.25, 0.3) is 5.91 Å². The number of hydrogen-bond acceptors (Lipinski definition) is 3. The van der Waals surface area contributed by atoms with Crippen LogP contribution < -0.4 is 5.32 Å². The number of rotatable bonds is 2. The number of amides is 1. The Morgan fingerprint density at radius 2 is 1.65 bits per heavy atom. The molecule has 1 aromatic heterocycles. The van der Waals surface area contributed by atoms with E-state index in [0.29, 0.717) is 0 Å². The maximum absolute atomic E-state index is 12.3. The van der Waals surface area contributed by atoms with Crippen molar-refractivity contribution in [1.29, 1.82) is 0 Å². The zero-order valence-corrected chi connectivity index (χ0v) is 12.8. The Kier molecular flexibility index (Phi) is 4.26. The van der Waals surface area contributed by atoms with Crippen LogP contribution in [-0.2, 0) is 0 Å². The summed E-state index contributed by atoms with van der Waals surface area (Å²) in [4.78, 5) is 12.3. The Morgan fingerprint density at radius 1 is 1.05 bits per heavy atom. The summed E-state index contributed by atoms with van der Waals surface area (Å²) in [6.45, 7) is 5.89. The largest absolute Gasteiger partial charge is 0.321 e. The molecule has 104 valence electrons. The third-order valence-electron chi connectivity index (χ3n) is 2.88. The highest BCUT2D eigenvalue weighted by molar-refractivity contribution is 6.34. The lowest BCUT2D eigenvalue weighted by Gasteiger charge is -2.13. The smallest absolute Gasteiger partial charge is 0.258 e. The topological polar surface area (TPSA) is 54.9 Å². The molecule has 0 aliphatic rings. The van der Waals surface area contributed by atoms with Crippen molar-refractivity contribution in [3.63, 3.8) is 0 Å². The molecule has 0 aliphatic carbocycles. The van der Waals surface area contributed by atoms with Crippen LogP contribution in [0.5, 0.6) is 0 Å². The van der Waals surface area contributed by atoms with Crippen LogP contribution >= 0.6 is 23.2 Å². The van der Waals surface area contributed by atoms with E-state index in [0.717, 1.165) is 22.4 Å². The first kappa shape index (κ1) is 14.8.